The van der Waals surface area contributed by atoms with Gasteiger partial charge in [-0.15, -0.1) is 0 Å². The second kappa shape index (κ2) is 6.57. The summed E-state index contributed by atoms with van der Waals surface area (Å²) in [5, 5.41) is 5.20. The molecule has 0 bridgehead atoms. The van der Waals surface area contributed by atoms with E-state index >= 15 is 0 Å². The summed E-state index contributed by atoms with van der Waals surface area (Å²) in [6.07, 6.45) is 2.78. The predicted molar refractivity (Wildman–Crippen MR) is 78.2 cm³/mol. The van der Waals surface area contributed by atoms with E-state index in [1.54, 1.807) is 0 Å². The molecule has 1 aromatic heterocycles. The summed E-state index contributed by atoms with van der Waals surface area (Å²) >= 11 is 0. The number of carbonyl (C=O) groups is 1. The molecule has 1 aromatic rings. The average Bonchev–Trinajstić information content (AvgIpc) is 3.03. The SMILES string of the molecule is O=C(CC1CN(S(=O)(=O)C(F)(F)F)Cc2ccnn21)N1CCCCO1. The lowest BCUT2D eigenvalue weighted by Gasteiger charge is -2.34. The second-order valence-corrected chi connectivity index (χ2v) is 7.83. The third-order valence-corrected chi connectivity index (χ3v) is 5.72. The van der Waals surface area contributed by atoms with Crippen molar-refractivity contribution in [2.24, 2.45) is 0 Å². The lowest BCUT2D eigenvalue weighted by molar-refractivity contribution is -0.198. The molecule has 1 fully saturated rings. The zero-order chi connectivity index (χ0) is 18.2. The molecule has 1 saturated heterocycles. The lowest BCUT2D eigenvalue weighted by Crippen LogP contribution is -2.47. The van der Waals surface area contributed by atoms with Crippen molar-refractivity contribution in [1.29, 1.82) is 0 Å². The van der Waals surface area contributed by atoms with E-state index in [0.717, 1.165) is 12.8 Å². The number of carbonyl (C=O) groups excluding carboxylic acids is 1. The van der Waals surface area contributed by atoms with Gasteiger partial charge in [-0.1, -0.05) is 0 Å². The molecule has 0 radical (unpaired) electrons. The van der Waals surface area contributed by atoms with Crippen molar-refractivity contribution in [1.82, 2.24) is 19.1 Å². The van der Waals surface area contributed by atoms with Gasteiger partial charge in [-0.3, -0.25) is 14.3 Å². The Morgan fingerprint density at radius 1 is 1.36 bits per heavy atom. The number of hydrogen-bond donors (Lipinski definition) is 0. The highest BCUT2D eigenvalue weighted by molar-refractivity contribution is 7.89. The number of alkyl halides is 3. The van der Waals surface area contributed by atoms with Gasteiger partial charge in [0.05, 0.1) is 31.3 Å². The summed E-state index contributed by atoms with van der Waals surface area (Å²) in [6, 6.07) is 0.612. The van der Waals surface area contributed by atoms with E-state index in [9.17, 15) is 26.4 Å². The molecule has 0 aliphatic carbocycles. The van der Waals surface area contributed by atoms with Crippen LogP contribution in [0.15, 0.2) is 12.3 Å². The average molecular weight is 382 g/mol. The largest absolute Gasteiger partial charge is 0.511 e. The molecule has 1 amide bonds. The van der Waals surface area contributed by atoms with Crippen LogP contribution in [0.1, 0.15) is 31.0 Å². The third-order valence-electron chi connectivity index (χ3n) is 4.17. The number of rotatable bonds is 3. The van der Waals surface area contributed by atoms with Crippen LogP contribution in [0.25, 0.3) is 0 Å². The van der Waals surface area contributed by atoms with Crippen molar-refractivity contribution in [3.63, 3.8) is 0 Å². The molecular formula is C13H17F3N4O4S. The summed E-state index contributed by atoms with van der Waals surface area (Å²) in [5.74, 6) is -0.405. The minimum atomic E-state index is -5.48. The quantitative estimate of drug-likeness (QED) is 0.780. The van der Waals surface area contributed by atoms with Gasteiger partial charge in [-0.25, -0.2) is 13.5 Å². The first-order valence-electron chi connectivity index (χ1n) is 7.72. The Morgan fingerprint density at radius 2 is 2.12 bits per heavy atom. The topological polar surface area (TPSA) is 84.7 Å². The van der Waals surface area contributed by atoms with Crippen molar-refractivity contribution in [2.45, 2.75) is 37.4 Å². The number of amides is 1. The van der Waals surface area contributed by atoms with Gasteiger partial charge in [-0.05, 0) is 18.9 Å². The van der Waals surface area contributed by atoms with Gasteiger partial charge in [0.15, 0.2) is 0 Å². The molecule has 25 heavy (non-hydrogen) atoms. The molecule has 140 valence electrons. The monoisotopic (exact) mass is 382 g/mol. The molecule has 12 heteroatoms. The van der Waals surface area contributed by atoms with Crippen LogP contribution in [0.3, 0.4) is 0 Å². The summed E-state index contributed by atoms with van der Waals surface area (Å²) in [7, 11) is -5.48. The number of hydroxylamine groups is 2. The summed E-state index contributed by atoms with van der Waals surface area (Å²) in [5.41, 5.74) is -5.09. The maximum absolute atomic E-state index is 12.9. The number of hydrogen-bond acceptors (Lipinski definition) is 5. The highest BCUT2D eigenvalue weighted by Crippen LogP contribution is 2.33. The van der Waals surface area contributed by atoms with E-state index in [2.05, 4.69) is 5.10 Å². The Kier molecular flexibility index (Phi) is 4.77. The molecule has 2 aliphatic heterocycles. The fourth-order valence-corrected chi connectivity index (χ4v) is 3.89. The minimum absolute atomic E-state index is 0.196. The van der Waals surface area contributed by atoms with Gasteiger partial charge in [0.1, 0.15) is 0 Å². The van der Waals surface area contributed by atoms with E-state index < -0.39 is 40.6 Å². The van der Waals surface area contributed by atoms with Crippen molar-refractivity contribution >= 4 is 15.9 Å². The number of sulfonamides is 1. The highest BCUT2D eigenvalue weighted by atomic mass is 32.2. The van der Waals surface area contributed by atoms with Crippen molar-refractivity contribution < 1.29 is 31.2 Å². The van der Waals surface area contributed by atoms with E-state index in [-0.39, 0.29) is 6.42 Å². The Balaban J connectivity index is 1.80. The van der Waals surface area contributed by atoms with Gasteiger partial charge < -0.3 is 0 Å². The summed E-state index contributed by atoms with van der Waals surface area (Å²) in [4.78, 5) is 17.6. The molecule has 1 atom stereocenters. The van der Waals surface area contributed by atoms with E-state index in [1.807, 2.05) is 0 Å². The van der Waals surface area contributed by atoms with E-state index in [0.29, 0.717) is 23.2 Å². The first-order chi connectivity index (χ1) is 11.7. The molecule has 8 nitrogen and oxygen atoms in total. The zero-order valence-electron chi connectivity index (χ0n) is 13.1. The fraction of sp³-hybridized carbons (Fsp3) is 0.692. The normalized spacial score (nSPS) is 22.7. The molecule has 0 spiro atoms. The molecule has 2 aliphatic rings. The van der Waals surface area contributed by atoms with Crippen LogP contribution in [-0.2, 0) is 26.2 Å². The summed E-state index contributed by atoms with van der Waals surface area (Å²) < 4.78 is 63.8. The van der Waals surface area contributed by atoms with E-state index in [4.69, 9.17) is 4.84 Å². The van der Waals surface area contributed by atoms with Crippen LogP contribution in [-0.4, -0.2) is 58.7 Å². The number of halogens is 3. The maximum atomic E-state index is 12.9. The zero-order valence-corrected chi connectivity index (χ0v) is 14.0. The smallest absolute Gasteiger partial charge is 0.273 e. The highest BCUT2D eigenvalue weighted by Gasteiger charge is 2.51. The van der Waals surface area contributed by atoms with Crippen molar-refractivity contribution in [2.75, 3.05) is 19.7 Å². The van der Waals surface area contributed by atoms with Gasteiger partial charge in [-0.2, -0.15) is 22.6 Å². The molecule has 0 saturated carbocycles. The Morgan fingerprint density at radius 3 is 2.76 bits per heavy atom. The first-order valence-corrected chi connectivity index (χ1v) is 9.16. The van der Waals surface area contributed by atoms with Crippen LogP contribution in [0.5, 0.6) is 0 Å². The molecule has 0 aromatic carbocycles. The second-order valence-electron chi connectivity index (χ2n) is 5.90. The predicted octanol–water partition coefficient (Wildman–Crippen LogP) is 1.03. The molecule has 3 rings (SSSR count). The Bertz CT molecular complexity index is 743. The van der Waals surface area contributed by atoms with Crippen molar-refractivity contribution in [3.8, 4) is 0 Å². The number of fused-ring (bicyclic) bond motifs is 1. The van der Waals surface area contributed by atoms with Gasteiger partial charge >= 0.3 is 15.5 Å². The van der Waals surface area contributed by atoms with E-state index in [1.165, 1.54) is 22.0 Å². The minimum Gasteiger partial charge on any atom is -0.273 e. The molecular weight excluding hydrogens is 365 g/mol. The third kappa shape index (κ3) is 3.51. The maximum Gasteiger partial charge on any atom is 0.511 e. The van der Waals surface area contributed by atoms with Crippen LogP contribution < -0.4 is 0 Å². The molecule has 0 N–H and O–H groups in total. The molecule has 3 heterocycles. The number of aromatic nitrogens is 2. The van der Waals surface area contributed by atoms with Crippen LogP contribution >= 0.6 is 0 Å². The van der Waals surface area contributed by atoms with Crippen LogP contribution in [0.2, 0.25) is 0 Å². The standard InChI is InChI=1S/C13H17F3N4O4S/c14-13(15,16)25(22,23)18-8-10-3-4-17-20(10)11(9-18)7-12(21)19-5-1-2-6-24-19/h3-4,11H,1-2,5-9H2. The summed E-state index contributed by atoms with van der Waals surface area (Å²) in [6.45, 7) is -0.108. The van der Waals surface area contributed by atoms with Crippen LogP contribution in [0.4, 0.5) is 13.2 Å². The first kappa shape index (κ1) is 18.1. The molecule has 1 unspecified atom stereocenters. The number of nitrogens with zero attached hydrogens (tertiary/aromatic N) is 4. The van der Waals surface area contributed by atoms with Crippen LogP contribution in [0, 0.1) is 0 Å². The Hall–Kier alpha value is -1.66. The fourth-order valence-electron chi connectivity index (χ4n) is 2.93. The van der Waals surface area contributed by atoms with Gasteiger partial charge in [0.2, 0.25) is 5.91 Å². The van der Waals surface area contributed by atoms with Gasteiger partial charge in [0, 0.05) is 19.3 Å². The van der Waals surface area contributed by atoms with Crippen molar-refractivity contribution in [3.05, 3.63) is 18.0 Å². The van der Waals surface area contributed by atoms with Gasteiger partial charge in [0.25, 0.3) is 0 Å². The Labute approximate surface area is 142 Å². The lowest BCUT2D eigenvalue weighted by atomic mass is 10.1.